The van der Waals surface area contributed by atoms with Crippen LogP contribution in [0.1, 0.15) is 30.4 Å². The number of benzene rings is 1. The molecule has 1 aliphatic rings. The number of carbonyl (C=O) groups excluding carboxylic acids is 1. The molecular weight excluding hydrogens is 262 g/mol. The van der Waals surface area contributed by atoms with Crippen LogP contribution in [-0.2, 0) is 11.2 Å². The first-order valence-corrected chi connectivity index (χ1v) is 7.10. The average molecular weight is 282 g/mol. The number of methoxy groups -OCH3 is 1. The lowest BCUT2D eigenvalue weighted by atomic mass is 9.85. The van der Waals surface area contributed by atoms with Crippen LogP contribution in [0, 0.1) is 12.8 Å². The molecule has 1 amide bonds. The summed E-state index contributed by atoms with van der Waals surface area (Å²) in [6.07, 6.45) is 3.98. The Kier molecular flexibility index (Phi) is 4.70. The largest absolute Gasteiger partial charge is 0.496 e. The highest BCUT2D eigenvalue weighted by Gasteiger charge is 2.24. The van der Waals surface area contributed by atoms with Crippen LogP contribution in [0.25, 0.3) is 0 Å². The van der Waals surface area contributed by atoms with Crippen LogP contribution in [0.15, 0.2) is 12.1 Å². The maximum absolute atomic E-state index is 11.7. The van der Waals surface area contributed by atoms with E-state index in [9.17, 15) is 4.79 Å². The van der Waals surface area contributed by atoms with Crippen molar-refractivity contribution in [1.82, 2.24) is 5.32 Å². The minimum atomic E-state index is 0.184. The number of carbonyl (C=O) groups is 1. The van der Waals surface area contributed by atoms with Gasteiger partial charge in [-0.05, 0) is 49.4 Å². The lowest BCUT2D eigenvalue weighted by Crippen LogP contribution is -2.35. The molecule has 0 saturated heterocycles. The molecule has 0 unspecified atom stereocenters. The van der Waals surface area contributed by atoms with Crippen molar-refractivity contribution >= 4 is 17.5 Å². The van der Waals surface area contributed by atoms with Crippen LogP contribution in [0.5, 0.6) is 5.75 Å². The summed E-state index contributed by atoms with van der Waals surface area (Å²) in [6.45, 7) is 2.58. The third-order valence-electron chi connectivity index (χ3n) is 3.73. The third kappa shape index (κ3) is 3.41. The third-order valence-corrected chi connectivity index (χ3v) is 4.14. The van der Waals surface area contributed by atoms with Gasteiger partial charge in [0.2, 0.25) is 5.91 Å². The van der Waals surface area contributed by atoms with Crippen molar-refractivity contribution in [1.29, 1.82) is 0 Å². The van der Waals surface area contributed by atoms with Crippen LogP contribution >= 0.6 is 11.6 Å². The second-order valence-corrected chi connectivity index (χ2v) is 5.49. The zero-order chi connectivity index (χ0) is 13.8. The van der Waals surface area contributed by atoms with Gasteiger partial charge in [0.05, 0.1) is 7.11 Å². The van der Waals surface area contributed by atoms with Crippen LogP contribution < -0.4 is 10.1 Å². The first kappa shape index (κ1) is 14.2. The van der Waals surface area contributed by atoms with Gasteiger partial charge in [-0.1, -0.05) is 18.0 Å². The molecule has 3 nitrogen and oxygen atoms in total. The number of rotatable bonds is 5. The van der Waals surface area contributed by atoms with Crippen LogP contribution in [0.4, 0.5) is 0 Å². The molecule has 1 N–H and O–H groups in total. The van der Waals surface area contributed by atoms with Gasteiger partial charge >= 0.3 is 0 Å². The molecule has 1 fully saturated rings. The first-order chi connectivity index (χ1) is 9.11. The minimum Gasteiger partial charge on any atom is -0.496 e. The van der Waals surface area contributed by atoms with Crippen molar-refractivity contribution in [3.8, 4) is 5.75 Å². The zero-order valence-electron chi connectivity index (χ0n) is 11.5. The van der Waals surface area contributed by atoms with E-state index in [4.69, 9.17) is 16.3 Å². The molecule has 1 aromatic rings. The van der Waals surface area contributed by atoms with Crippen molar-refractivity contribution in [3.63, 3.8) is 0 Å². The second kappa shape index (κ2) is 6.29. The molecule has 0 atom stereocenters. The smallest absolute Gasteiger partial charge is 0.223 e. The quantitative estimate of drug-likeness (QED) is 0.901. The summed E-state index contributed by atoms with van der Waals surface area (Å²) in [5.41, 5.74) is 2.03. The predicted molar refractivity (Wildman–Crippen MR) is 76.8 cm³/mol. The number of hydrogen-bond donors (Lipinski definition) is 1. The zero-order valence-corrected chi connectivity index (χ0v) is 12.2. The van der Waals surface area contributed by atoms with E-state index < -0.39 is 0 Å². The highest BCUT2D eigenvalue weighted by molar-refractivity contribution is 6.31. The van der Waals surface area contributed by atoms with Gasteiger partial charge in [-0.3, -0.25) is 4.79 Å². The van der Waals surface area contributed by atoms with E-state index in [1.807, 2.05) is 19.1 Å². The number of aryl methyl sites for hydroxylation is 1. The molecule has 0 aliphatic heterocycles. The number of nitrogens with one attached hydrogen (secondary N) is 1. The molecule has 2 rings (SSSR count). The summed E-state index contributed by atoms with van der Waals surface area (Å²) in [6, 6.07) is 3.86. The average Bonchev–Trinajstić information content (AvgIpc) is 2.31. The fraction of sp³-hybridized carbons (Fsp3) is 0.533. The Hall–Kier alpha value is -1.22. The monoisotopic (exact) mass is 281 g/mol. The normalized spacial score (nSPS) is 14.9. The highest BCUT2D eigenvalue weighted by atomic mass is 35.5. The molecule has 0 bridgehead atoms. The Balaban J connectivity index is 1.91. The summed E-state index contributed by atoms with van der Waals surface area (Å²) >= 11 is 6.12. The molecule has 0 radical (unpaired) electrons. The highest BCUT2D eigenvalue weighted by Crippen LogP contribution is 2.27. The molecule has 104 valence electrons. The van der Waals surface area contributed by atoms with Crippen molar-refractivity contribution in [2.45, 2.75) is 32.6 Å². The summed E-state index contributed by atoms with van der Waals surface area (Å²) in [7, 11) is 1.65. The van der Waals surface area contributed by atoms with E-state index in [1.165, 1.54) is 6.42 Å². The van der Waals surface area contributed by atoms with Gasteiger partial charge in [-0.15, -0.1) is 0 Å². The lowest BCUT2D eigenvalue weighted by Gasteiger charge is -2.24. The lowest BCUT2D eigenvalue weighted by molar-refractivity contribution is -0.127. The van der Waals surface area contributed by atoms with Crippen molar-refractivity contribution < 1.29 is 9.53 Å². The Morgan fingerprint density at radius 2 is 2.21 bits per heavy atom. The molecule has 4 heteroatoms. The number of amides is 1. The molecule has 1 aliphatic carbocycles. The van der Waals surface area contributed by atoms with Gasteiger partial charge in [-0.25, -0.2) is 0 Å². The van der Waals surface area contributed by atoms with Crippen LogP contribution in [0.2, 0.25) is 5.02 Å². The second-order valence-electron chi connectivity index (χ2n) is 5.08. The van der Waals surface area contributed by atoms with Crippen LogP contribution in [-0.4, -0.2) is 19.6 Å². The summed E-state index contributed by atoms with van der Waals surface area (Å²) in [5, 5.41) is 3.72. The van der Waals surface area contributed by atoms with E-state index in [-0.39, 0.29) is 11.8 Å². The van der Waals surface area contributed by atoms with E-state index in [0.717, 1.165) is 41.2 Å². The van der Waals surface area contributed by atoms with E-state index in [0.29, 0.717) is 6.54 Å². The van der Waals surface area contributed by atoms with Gasteiger partial charge in [0.1, 0.15) is 5.75 Å². The molecule has 0 aromatic heterocycles. The predicted octanol–water partition coefficient (Wildman–Crippen LogP) is 3.12. The SMILES string of the molecule is COc1cc(C)c(Cl)cc1CCNC(=O)C1CCC1. The molecule has 1 saturated carbocycles. The van der Waals surface area contributed by atoms with Crippen molar-refractivity contribution in [2.75, 3.05) is 13.7 Å². The first-order valence-electron chi connectivity index (χ1n) is 6.72. The maximum atomic E-state index is 11.7. The summed E-state index contributed by atoms with van der Waals surface area (Å²) < 4.78 is 5.35. The van der Waals surface area contributed by atoms with E-state index in [1.54, 1.807) is 7.11 Å². The summed E-state index contributed by atoms with van der Waals surface area (Å²) in [5.74, 6) is 1.26. The van der Waals surface area contributed by atoms with Gasteiger partial charge in [0.25, 0.3) is 0 Å². The topological polar surface area (TPSA) is 38.3 Å². The van der Waals surface area contributed by atoms with Gasteiger partial charge in [-0.2, -0.15) is 0 Å². The molecule has 0 heterocycles. The summed E-state index contributed by atoms with van der Waals surface area (Å²) in [4.78, 5) is 11.7. The minimum absolute atomic E-state index is 0.184. The van der Waals surface area contributed by atoms with Gasteiger partial charge < -0.3 is 10.1 Å². The Morgan fingerprint density at radius 1 is 1.47 bits per heavy atom. The molecule has 19 heavy (non-hydrogen) atoms. The number of halogens is 1. The van der Waals surface area contributed by atoms with Crippen molar-refractivity contribution in [2.24, 2.45) is 5.92 Å². The van der Waals surface area contributed by atoms with E-state index in [2.05, 4.69) is 5.32 Å². The number of hydrogen-bond acceptors (Lipinski definition) is 2. The molecule has 0 spiro atoms. The van der Waals surface area contributed by atoms with E-state index >= 15 is 0 Å². The standard InChI is InChI=1S/C15H20ClNO2/c1-10-8-14(19-2)12(9-13(10)16)6-7-17-15(18)11-4-3-5-11/h8-9,11H,3-7H2,1-2H3,(H,17,18). The van der Waals surface area contributed by atoms with Gasteiger partial charge in [0.15, 0.2) is 0 Å². The molecular formula is C15H20ClNO2. The Labute approximate surface area is 119 Å². The van der Waals surface area contributed by atoms with Crippen LogP contribution in [0.3, 0.4) is 0 Å². The van der Waals surface area contributed by atoms with Crippen molar-refractivity contribution in [3.05, 3.63) is 28.3 Å². The fourth-order valence-corrected chi connectivity index (χ4v) is 2.40. The van der Waals surface area contributed by atoms with Gasteiger partial charge in [0, 0.05) is 17.5 Å². The Morgan fingerprint density at radius 3 is 2.79 bits per heavy atom. The molecule has 1 aromatic carbocycles. The maximum Gasteiger partial charge on any atom is 0.223 e. The number of ether oxygens (including phenoxy) is 1. The fourth-order valence-electron chi connectivity index (χ4n) is 2.22. The Bertz CT molecular complexity index is 469.